The third kappa shape index (κ3) is 4.35. The van der Waals surface area contributed by atoms with Crippen molar-refractivity contribution in [2.45, 2.75) is 37.0 Å². The maximum Gasteiger partial charge on any atom is 0.262 e. The summed E-state index contributed by atoms with van der Waals surface area (Å²) < 4.78 is 7.07. The number of rotatable bonds is 8. The number of hydrogen-bond acceptors (Lipinski definition) is 6. The Morgan fingerprint density at radius 1 is 1.31 bits per heavy atom. The molecule has 29 heavy (non-hydrogen) atoms. The summed E-state index contributed by atoms with van der Waals surface area (Å²) in [5, 5.41) is 10.1. The van der Waals surface area contributed by atoms with Crippen LogP contribution in [0.2, 0.25) is 0 Å². The molecule has 4 rings (SSSR count). The lowest BCUT2D eigenvalue weighted by atomic mass is 10.2. The fourth-order valence-corrected chi connectivity index (χ4v) is 4.14. The molecule has 3 aromatic rings. The molecule has 0 radical (unpaired) electrons. The molecule has 0 unspecified atom stereocenters. The molecule has 1 amide bonds. The highest BCUT2D eigenvalue weighted by Gasteiger charge is 2.29. The summed E-state index contributed by atoms with van der Waals surface area (Å²) >= 11 is 1.27. The number of nitrogens with zero attached hydrogens (tertiary/aromatic N) is 4. The highest BCUT2D eigenvalue weighted by atomic mass is 32.2. The lowest BCUT2D eigenvalue weighted by Gasteiger charge is -2.20. The van der Waals surface area contributed by atoms with Crippen LogP contribution in [0.3, 0.4) is 0 Å². The number of aromatic nitrogens is 2. The lowest BCUT2D eigenvalue weighted by molar-refractivity contribution is -0.129. The molecule has 148 valence electrons. The predicted molar refractivity (Wildman–Crippen MR) is 109 cm³/mol. The minimum Gasteiger partial charge on any atom is -0.467 e. The number of thioether (sulfide) groups is 1. The zero-order valence-corrected chi connectivity index (χ0v) is 16.6. The monoisotopic (exact) mass is 408 g/mol. The molecule has 1 fully saturated rings. The first-order chi connectivity index (χ1) is 14.2. The Bertz CT molecular complexity index is 1110. The number of amides is 1. The molecule has 0 aliphatic heterocycles. The summed E-state index contributed by atoms with van der Waals surface area (Å²) in [6.45, 7) is 0.645. The Kier molecular flexibility index (Phi) is 5.67. The Hall–Kier alpha value is -3.05. The maximum atomic E-state index is 12.9. The van der Waals surface area contributed by atoms with E-state index in [2.05, 4.69) is 11.1 Å². The summed E-state index contributed by atoms with van der Waals surface area (Å²) in [5.41, 5.74) is 0.589. The van der Waals surface area contributed by atoms with Crippen LogP contribution in [-0.2, 0) is 11.3 Å². The molecular formula is C21H20N4O3S. The first-order valence-corrected chi connectivity index (χ1v) is 10.5. The normalized spacial score (nSPS) is 13.3. The van der Waals surface area contributed by atoms with Crippen molar-refractivity contribution in [3.63, 3.8) is 0 Å². The molecule has 1 aliphatic carbocycles. The minimum absolute atomic E-state index is 0.0510. The molecule has 7 nitrogen and oxygen atoms in total. The first kappa shape index (κ1) is 19.3. The van der Waals surface area contributed by atoms with E-state index in [1.54, 1.807) is 33.9 Å². The van der Waals surface area contributed by atoms with Gasteiger partial charge in [-0.1, -0.05) is 23.9 Å². The Labute approximate surface area is 171 Å². The van der Waals surface area contributed by atoms with Crippen LogP contribution < -0.4 is 5.56 Å². The molecule has 1 aromatic carbocycles. The first-order valence-electron chi connectivity index (χ1n) is 9.48. The smallest absolute Gasteiger partial charge is 0.262 e. The molecule has 0 saturated heterocycles. The van der Waals surface area contributed by atoms with Crippen LogP contribution in [0.5, 0.6) is 0 Å². The van der Waals surface area contributed by atoms with Crippen molar-refractivity contribution in [1.82, 2.24) is 14.5 Å². The average Bonchev–Trinajstić information content (AvgIpc) is 3.44. The van der Waals surface area contributed by atoms with Gasteiger partial charge in [0, 0.05) is 12.6 Å². The van der Waals surface area contributed by atoms with Crippen molar-refractivity contribution < 1.29 is 9.21 Å². The molecule has 8 heteroatoms. The number of para-hydroxylation sites is 1. The van der Waals surface area contributed by atoms with E-state index in [0.29, 0.717) is 34.9 Å². The molecule has 1 aliphatic rings. The van der Waals surface area contributed by atoms with Gasteiger partial charge in [0.05, 0.1) is 42.0 Å². The zero-order chi connectivity index (χ0) is 20.2. The predicted octanol–water partition coefficient (Wildman–Crippen LogP) is 3.36. The second-order valence-corrected chi connectivity index (χ2v) is 7.85. The third-order valence-corrected chi connectivity index (χ3v) is 5.72. The van der Waals surface area contributed by atoms with Gasteiger partial charge in [0.1, 0.15) is 5.76 Å². The fraction of sp³-hybridized carbons (Fsp3) is 0.333. The van der Waals surface area contributed by atoms with E-state index in [0.717, 1.165) is 12.8 Å². The highest BCUT2D eigenvalue weighted by molar-refractivity contribution is 7.99. The van der Waals surface area contributed by atoms with E-state index in [4.69, 9.17) is 9.68 Å². The van der Waals surface area contributed by atoms with Crippen molar-refractivity contribution in [2.75, 3.05) is 12.3 Å². The number of benzene rings is 1. The van der Waals surface area contributed by atoms with E-state index < -0.39 is 0 Å². The molecule has 0 atom stereocenters. The second-order valence-electron chi connectivity index (χ2n) is 6.91. The standard InChI is InChI=1S/C21H20N4O3S/c22-10-4-11-24(13-16-5-3-12-28-16)19(26)14-29-21-23-18-7-2-1-6-17(18)20(27)25(21)15-8-9-15/h1-3,5-7,12,15H,4,8-9,11,13-14H2. The molecule has 1 saturated carbocycles. The van der Waals surface area contributed by atoms with Crippen molar-refractivity contribution in [3.05, 3.63) is 58.8 Å². The number of furan rings is 1. The Morgan fingerprint density at radius 3 is 2.86 bits per heavy atom. The van der Waals surface area contributed by atoms with Crippen LogP contribution in [0.4, 0.5) is 0 Å². The van der Waals surface area contributed by atoms with Gasteiger partial charge in [-0.3, -0.25) is 14.2 Å². The van der Waals surface area contributed by atoms with Gasteiger partial charge in [-0.15, -0.1) is 0 Å². The lowest BCUT2D eigenvalue weighted by Crippen LogP contribution is -2.33. The molecular weight excluding hydrogens is 388 g/mol. The van der Waals surface area contributed by atoms with E-state index in [1.165, 1.54) is 11.8 Å². The third-order valence-electron chi connectivity index (χ3n) is 4.79. The summed E-state index contributed by atoms with van der Waals surface area (Å²) in [6.07, 6.45) is 3.71. The number of nitriles is 1. The molecule has 2 aromatic heterocycles. The Balaban J connectivity index is 1.54. The van der Waals surface area contributed by atoms with Crippen LogP contribution in [0.25, 0.3) is 10.9 Å². The SMILES string of the molecule is N#CCCN(Cc1ccco1)C(=O)CSc1nc2ccccc2c(=O)n1C1CC1. The van der Waals surface area contributed by atoms with Crippen LogP contribution in [0.1, 0.15) is 31.1 Å². The summed E-state index contributed by atoms with van der Waals surface area (Å²) in [5.74, 6) is 0.690. The van der Waals surface area contributed by atoms with Crippen molar-refractivity contribution in [2.24, 2.45) is 0 Å². The van der Waals surface area contributed by atoms with E-state index in [-0.39, 0.29) is 29.7 Å². The van der Waals surface area contributed by atoms with Gasteiger partial charge in [-0.2, -0.15) is 5.26 Å². The number of carbonyl (C=O) groups is 1. The van der Waals surface area contributed by atoms with Crippen molar-refractivity contribution in [1.29, 1.82) is 5.26 Å². The zero-order valence-electron chi connectivity index (χ0n) is 15.8. The summed E-state index contributed by atoms with van der Waals surface area (Å²) in [4.78, 5) is 32.0. The Morgan fingerprint density at radius 2 is 2.14 bits per heavy atom. The average molecular weight is 408 g/mol. The second kappa shape index (κ2) is 8.53. The number of fused-ring (bicyclic) bond motifs is 1. The largest absolute Gasteiger partial charge is 0.467 e. The van der Waals surface area contributed by atoms with Gasteiger partial charge in [-0.05, 0) is 37.1 Å². The van der Waals surface area contributed by atoms with Gasteiger partial charge in [-0.25, -0.2) is 4.98 Å². The summed E-state index contributed by atoms with van der Waals surface area (Å²) in [6, 6.07) is 13.1. The molecule has 0 bridgehead atoms. The summed E-state index contributed by atoms with van der Waals surface area (Å²) in [7, 11) is 0. The van der Waals surface area contributed by atoms with E-state index >= 15 is 0 Å². The van der Waals surface area contributed by atoms with Crippen LogP contribution in [0.15, 0.2) is 57.0 Å². The maximum absolute atomic E-state index is 12.9. The van der Waals surface area contributed by atoms with Gasteiger partial charge in [0.2, 0.25) is 5.91 Å². The van der Waals surface area contributed by atoms with Gasteiger partial charge in [0.15, 0.2) is 5.16 Å². The molecule has 0 spiro atoms. The molecule has 0 N–H and O–H groups in total. The minimum atomic E-state index is -0.119. The van der Waals surface area contributed by atoms with Crippen LogP contribution in [-0.4, -0.2) is 32.7 Å². The van der Waals surface area contributed by atoms with Gasteiger partial charge < -0.3 is 9.32 Å². The van der Waals surface area contributed by atoms with Gasteiger partial charge in [0.25, 0.3) is 5.56 Å². The number of hydrogen-bond donors (Lipinski definition) is 0. The van der Waals surface area contributed by atoms with Crippen LogP contribution in [0, 0.1) is 11.3 Å². The van der Waals surface area contributed by atoms with Crippen molar-refractivity contribution >= 4 is 28.6 Å². The highest BCUT2D eigenvalue weighted by Crippen LogP contribution is 2.36. The molecule has 2 heterocycles. The fourth-order valence-electron chi connectivity index (χ4n) is 3.17. The van der Waals surface area contributed by atoms with Crippen LogP contribution >= 0.6 is 11.8 Å². The van der Waals surface area contributed by atoms with Crippen molar-refractivity contribution in [3.8, 4) is 6.07 Å². The van der Waals surface area contributed by atoms with E-state index in [1.807, 2.05) is 18.2 Å². The van der Waals surface area contributed by atoms with E-state index in [9.17, 15) is 9.59 Å². The topological polar surface area (TPSA) is 92.1 Å². The number of carbonyl (C=O) groups excluding carboxylic acids is 1. The quantitative estimate of drug-likeness (QED) is 0.419. The van der Waals surface area contributed by atoms with Gasteiger partial charge >= 0.3 is 0 Å².